The summed E-state index contributed by atoms with van der Waals surface area (Å²) in [5.41, 5.74) is 6.62. The molecule has 74 valence electrons. The van der Waals surface area contributed by atoms with Crippen molar-refractivity contribution < 1.29 is 0 Å². The second-order valence-electron chi connectivity index (χ2n) is 4.44. The van der Waals surface area contributed by atoms with Gasteiger partial charge < -0.3 is 5.32 Å². The van der Waals surface area contributed by atoms with Gasteiger partial charge in [-0.2, -0.15) is 0 Å². The number of hydrogen-bond acceptors (Lipinski definition) is 1. The van der Waals surface area contributed by atoms with Gasteiger partial charge in [0.15, 0.2) is 0 Å². The second kappa shape index (κ2) is 3.39. The van der Waals surface area contributed by atoms with Crippen molar-refractivity contribution in [2.45, 2.75) is 32.1 Å². The Balaban J connectivity index is 2.11. The Hall–Kier alpha value is -0.820. The monoisotopic (exact) mass is 187 g/mol. The summed E-state index contributed by atoms with van der Waals surface area (Å²) >= 11 is 0. The molecule has 14 heavy (non-hydrogen) atoms. The van der Waals surface area contributed by atoms with Crippen LogP contribution in [0.3, 0.4) is 0 Å². The molecular weight excluding hydrogens is 170 g/mol. The number of nitrogens with one attached hydrogen (secondary N) is 1. The number of aryl methyl sites for hydroxylation is 1. The van der Waals surface area contributed by atoms with Gasteiger partial charge in [0, 0.05) is 0 Å². The van der Waals surface area contributed by atoms with Gasteiger partial charge in [0.2, 0.25) is 0 Å². The minimum absolute atomic E-state index is 1.16. The number of hydrogen-bond donors (Lipinski definition) is 1. The molecule has 3 rings (SSSR count). The van der Waals surface area contributed by atoms with Crippen molar-refractivity contribution in [1.29, 1.82) is 0 Å². The molecule has 0 fully saturated rings. The molecule has 0 radical (unpaired) electrons. The van der Waals surface area contributed by atoms with E-state index in [1.807, 2.05) is 0 Å². The SMILES string of the molecule is c1cc2c(c3c1CCC3)CCNCC2. The minimum Gasteiger partial charge on any atom is -0.316 e. The molecule has 0 saturated carbocycles. The molecular formula is C13H17N. The molecule has 1 heteroatoms. The lowest BCUT2D eigenvalue weighted by Gasteiger charge is -2.11. The highest BCUT2D eigenvalue weighted by molar-refractivity contribution is 5.44. The Bertz CT molecular complexity index is 354. The van der Waals surface area contributed by atoms with Crippen LogP contribution >= 0.6 is 0 Å². The summed E-state index contributed by atoms with van der Waals surface area (Å²) in [6.07, 6.45) is 6.49. The molecule has 0 saturated heterocycles. The van der Waals surface area contributed by atoms with Crippen LogP contribution in [-0.2, 0) is 25.7 Å². The zero-order valence-corrected chi connectivity index (χ0v) is 8.60. The van der Waals surface area contributed by atoms with Crippen molar-refractivity contribution in [3.8, 4) is 0 Å². The van der Waals surface area contributed by atoms with Crippen LogP contribution in [0.5, 0.6) is 0 Å². The predicted molar refractivity (Wildman–Crippen MR) is 58.7 cm³/mol. The Kier molecular flexibility index (Phi) is 2.06. The molecule has 2 aliphatic rings. The normalized spacial score (nSPS) is 20.0. The van der Waals surface area contributed by atoms with Crippen molar-refractivity contribution in [2.24, 2.45) is 0 Å². The third-order valence-corrected chi connectivity index (χ3v) is 3.62. The van der Waals surface area contributed by atoms with E-state index in [1.165, 1.54) is 38.6 Å². The first-order valence-electron chi connectivity index (χ1n) is 5.78. The smallest absolute Gasteiger partial charge is 0.000802 e. The lowest BCUT2D eigenvalue weighted by molar-refractivity contribution is 0.710. The highest BCUT2D eigenvalue weighted by Crippen LogP contribution is 2.29. The summed E-state index contributed by atoms with van der Waals surface area (Å²) in [6.45, 7) is 2.33. The summed E-state index contributed by atoms with van der Waals surface area (Å²) in [4.78, 5) is 0. The molecule has 0 unspecified atom stereocenters. The van der Waals surface area contributed by atoms with E-state index in [9.17, 15) is 0 Å². The van der Waals surface area contributed by atoms with Crippen LogP contribution in [0.15, 0.2) is 12.1 Å². The lowest BCUT2D eigenvalue weighted by atomic mass is 9.94. The van der Waals surface area contributed by atoms with Crippen molar-refractivity contribution >= 4 is 0 Å². The third-order valence-electron chi connectivity index (χ3n) is 3.62. The van der Waals surface area contributed by atoms with E-state index in [1.54, 1.807) is 22.3 Å². The number of fused-ring (bicyclic) bond motifs is 3. The third kappa shape index (κ3) is 1.27. The van der Waals surface area contributed by atoms with Crippen molar-refractivity contribution in [3.05, 3.63) is 34.4 Å². The van der Waals surface area contributed by atoms with E-state index in [-0.39, 0.29) is 0 Å². The first kappa shape index (κ1) is 8.49. The van der Waals surface area contributed by atoms with Gasteiger partial charge in [-0.1, -0.05) is 12.1 Å². The van der Waals surface area contributed by atoms with Gasteiger partial charge in [0.05, 0.1) is 0 Å². The summed E-state index contributed by atoms with van der Waals surface area (Å²) in [5, 5.41) is 3.49. The molecule has 1 aromatic carbocycles. The van der Waals surface area contributed by atoms with Gasteiger partial charge >= 0.3 is 0 Å². The van der Waals surface area contributed by atoms with Gasteiger partial charge in [-0.25, -0.2) is 0 Å². The molecule has 0 amide bonds. The summed E-state index contributed by atoms with van der Waals surface area (Å²) < 4.78 is 0. The Morgan fingerprint density at radius 1 is 0.786 bits per heavy atom. The zero-order valence-electron chi connectivity index (χ0n) is 8.60. The topological polar surface area (TPSA) is 12.0 Å². The Morgan fingerprint density at radius 2 is 1.50 bits per heavy atom. The molecule has 0 bridgehead atoms. The van der Waals surface area contributed by atoms with Crippen molar-refractivity contribution in [3.63, 3.8) is 0 Å². The fraction of sp³-hybridized carbons (Fsp3) is 0.538. The molecule has 1 N–H and O–H groups in total. The zero-order chi connectivity index (χ0) is 9.38. The van der Waals surface area contributed by atoms with Crippen LogP contribution in [0.2, 0.25) is 0 Å². The second-order valence-corrected chi connectivity index (χ2v) is 4.44. The maximum atomic E-state index is 3.49. The summed E-state index contributed by atoms with van der Waals surface area (Å²) in [5.74, 6) is 0. The summed E-state index contributed by atoms with van der Waals surface area (Å²) in [7, 11) is 0. The predicted octanol–water partition coefficient (Wildman–Crippen LogP) is 1.86. The average molecular weight is 187 g/mol. The van der Waals surface area contributed by atoms with E-state index in [0.717, 1.165) is 6.54 Å². The van der Waals surface area contributed by atoms with Gasteiger partial charge in [-0.05, 0) is 67.4 Å². The molecule has 1 aliphatic heterocycles. The molecule has 1 aliphatic carbocycles. The maximum absolute atomic E-state index is 3.49. The minimum atomic E-state index is 1.16. The van der Waals surface area contributed by atoms with Crippen molar-refractivity contribution in [1.82, 2.24) is 5.32 Å². The fourth-order valence-electron chi connectivity index (χ4n) is 2.90. The van der Waals surface area contributed by atoms with Crippen LogP contribution < -0.4 is 5.32 Å². The van der Waals surface area contributed by atoms with E-state index in [2.05, 4.69) is 17.4 Å². The molecule has 1 aromatic rings. The van der Waals surface area contributed by atoms with E-state index in [4.69, 9.17) is 0 Å². The number of rotatable bonds is 0. The Labute approximate surface area is 85.5 Å². The quantitative estimate of drug-likeness (QED) is 0.653. The fourth-order valence-corrected chi connectivity index (χ4v) is 2.90. The van der Waals surface area contributed by atoms with Crippen LogP contribution in [0, 0.1) is 0 Å². The van der Waals surface area contributed by atoms with E-state index < -0.39 is 0 Å². The average Bonchev–Trinajstić information content (AvgIpc) is 2.55. The molecule has 0 spiro atoms. The van der Waals surface area contributed by atoms with E-state index in [0.29, 0.717) is 0 Å². The maximum Gasteiger partial charge on any atom is -0.000802 e. The van der Waals surface area contributed by atoms with E-state index >= 15 is 0 Å². The van der Waals surface area contributed by atoms with Crippen LogP contribution in [0.1, 0.15) is 28.7 Å². The van der Waals surface area contributed by atoms with Crippen LogP contribution in [0.25, 0.3) is 0 Å². The van der Waals surface area contributed by atoms with Gasteiger partial charge in [-0.15, -0.1) is 0 Å². The largest absolute Gasteiger partial charge is 0.316 e. The summed E-state index contributed by atoms with van der Waals surface area (Å²) in [6, 6.07) is 4.74. The molecule has 1 heterocycles. The molecule has 1 nitrogen and oxygen atoms in total. The van der Waals surface area contributed by atoms with Gasteiger partial charge in [0.25, 0.3) is 0 Å². The van der Waals surface area contributed by atoms with Crippen LogP contribution in [0.4, 0.5) is 0 Å². The first-order valence-corrected chi connectivity index (χ1v) is 5.78. The van der Waals surface area contributed by atoms with Gasteiger partial charge in [-0.3, -0.25) is 0 Å². The molecule has 0 aromatic heterocycles. The van der Waals surface area contributed by atoms with Gasteiger partial charge in [0.1, 0.15) is 0 Å². The van der Waals surface area contributed by atoms with Crippen LogP contribution in [-0.4, -0.2) is 13.1 Å². The highest BCUT2D eigenvalue weighted by atomic mass is 14.8. The van der Waals surface area contributed by atoms with Crippen molar-refractivity contribution in [2.75, 3.05) is 13.1 Å². The first-order chi connectivity index (χ1) is 6.95. The number of benzene rings is 1. The standard InChI is InChI=1S/C13H17N/c1-2-10-4-5-11-6-8-14-9-7-13(11)12(10)3-1/h4-5,14H,1-3,6-9H2. The highest BCUT2D eigenvalue weighted by Gasteiger charge is 2.18. The molecule has 0 atom stereocenters. The lowest BCUT2D eigenvalue weighted by Crippen LogP contribution is -2.16. The Morgan fingerprint density at radius 3 is 2.43 bits per heavy atom.